The van der Waals surface area contributed by atoms with Crippen molar-refractivity contribution in [2.45, 2.75) is 19.4 Å². The van der Waals surface area contributed by atoms with Crippen molar-refractivity contribution in [2.24, 2.45) is 0 Å². The van der Waals surface area contributed by atoms with Crippen molar-refractivity contribution in [1.82, 2.24) is 10.3 Å². The van der Waals surface area contributed by atoms with Gasteiger partial charge in [-0.05, 0) is 12.1 Å². The smallest absolute Gasteiger partial charge is 0.217 e. The molecule has 0 aliphatic carbocycles. The van der Waals surface area contributed by atoms with Crippen molar-refractivity contribution in [3.63, 3.8) is 0 Å². The molecule has 1 aromatic heterocycles. The Labute approximate surface area is 88.5 Å². The first-order valence-corrected chi connectivity index (χ1v) is 4.68. The van der Waals surface area contributed by atoms with E-state index in [4.69, 9.17) is 12.2 Å². The Hall–Kier alpha value is -1.29. The molecule has 1 amide bonds. The lowest BCUT2D eigenvalue weighted by atomic mass is 10.1. The quantitative estimate of drug-likeness (QED) is 0.749. The number of nitrogens with zero attached hydrogens (tertiary/aromatic N) is 1. The molecule has 0 saturated carbocycles. The molecule has 3 nitrogen and oxygen atoms in total. The Morgan fingerprint density at radius 3 is 3.00 bits per heavy atom. The molecule has 1 radical (unpaired) electrons. The van der Waals surface area contributed by atoms with Gasteiger partial charge in [-0.3, -0.25) is 9.78 Å². The summed E-state index contributed by atoms with van der Waals surface area (Å²) < 4.78 is 0. The fourth-order valence-corrected chi connectivity index (χ4v) is 1.24. The van der Waals surface area contributed by atoms with Gasteiger partial charge in [0.05, 0.1) is 11.4 Å². The molecule has 0 aliphatic rings. The van der Waals surface area contributed by atoms with Crippen molar-refractivity contribution >= 4 is 23.5 Å². The lowest BCUT2D eigenvalue weighted by molar-refractivity contribution is -0.119. The van der Waals surface area contributed by atoms with Crippen LogP contribution in [0.2, 0.25) is 0 Å². The highest BCUT2D eigenvalue weighted by atomic mass is 32.1. The zero-order chi connectivity index (χ0) is 10.4. The Morgan fingerprint density at radius 1 is 1.71 bits per heavy atom. The molecule has 73 valence electrons. The lowest BCUT2D eigenvalue weighted by Gasteiger charge is -2.10. The van der Waals surface area contributed by atoms with Crippen LogP contribution >= 0.6 is 12.2 Å². The number of aromatic nitrogens is 1. The zero-order valence-electron chi connectivity index (χ0n) is 7.86. The fraction of sp³-hybridized carbons (Fsp3) is 0.300. The maximum Gasteiger partial charge on any atom is 0.217 e. The molecule has 0 fully saturated rings. The van der Waals surface area contributed by atoms with Crippen molar-refractivity contribution in [2.75, 3.05) is 0 Å². The number of thiocarbonyl (C=S) groups is 1. The normalized spacial score (nSPS) is 11.8. The second kappa shape index (κ2) is 5.44. The van der Waals surface area contributed by atoms with E-state index < -0.39 is 0 Å². The molecule has 1 N–H and O–H groups in total. The van der Waals surface area contributed by atoms with Gasteiger partial charge in [-0.1, -0.05) is 18.3 Å². The van der Waals surface area contributed by atoms with Gasteiger partial charge in [-0.25, -0.2) is 0 Å². The van der Waals surface area contributed by atoms with Crippen molar-refractivity contribution < 1.29 is 4.79 Å². The van der Waals surface area contributed by atoms with Crippen LogP contribution in [0.5, 0.6) is 0 Å². The van der Waals surface area contributed by atoms with Gasteiger partial charge < -0.3 is 5.32 Å². The maximum absolute atomic E-state index is 10.8. The molecular weight excluding hydrogens is 196 g/mol. The first kappa shape index (κ1) is 10.8. The van der Waals surface area contributed by atoms with Crippen LogP contribution in [0.25, 0.3) is 0 Å². The molecule has 0 spiro atoms. The van der Waals surface area contributed by atoms with E-state index in [1.54, 1.807) is 6.20 Å². The first-order chi connectivity index (χ1) is 6.72. The highest BCUT2D eigenvalue weighted by molar-refractivity contribution is 7.79. The highest BCUT2D eigenvalue weighted by Gasteiger charge is 2.08. The van der Waals surface area contributed by atoms with Gasteiger partial charge in [0.2, 0.25) is 5.91 Å². The van der Waals surface area contributed by atoms with Gasteiger partial charge in [-0.2, -0.15) is 0 Å². The standard InChI is InChI=1S/C10H11N2OS/c1-8(13)12-10(7-14)6-9-4-2-3-5-11-9/h2-5,10H,6H2,1H3,(H,12,13). The molecule has 14 heavy (non-hydrogen) atoms. The average Bonchev–Trinajstić information content (AvgIpc) is 2.17. The van der Waals surface area contributed by atoms with Gasteiger partial charge in [0.25, 0.3) is 0 Å². The summed E-state index contributed by atoms with van der Waals surface area (Å²) in [4.78, 5) is 14.9. The fourth-order valence-electron chi connectivity index (χ4n) is 1.10. The molecule has 1 atom stereocenters. The summed E-state index contributed by atoms with van der Waals surface area (Å²) in [7, 11) is 0. The third-order valence-electron chi connectivity index (χ3n) is 1.66. The number of amides is 1. The van der Waals surface area contributed by atoms with Crippen LogP contribution in [-0.4, -0.2) is 22.3 Å². The largest absolute Gasteiger partial charge is 0.348 e. The number of rotatable bonds is 4. The van der Waals surface area contributed by atoms with E-state index in [2.05, 4.69) is 15.7 Å². The molecule has 0 aromatic carbocycles. The number of carbonyl (C=O) groups is 1. The van der Waals surface area contributed by atoms with Crippen LogP contribution in [0.4, 0.5) is 0 Å². The number of hydrogen-bond acceptors (Lipinski definition) is 3. The Balaban J connectivity index is 2.57. The van der Waals surface area contributed by atoms with Crippen LogP contribution in [0.15, 0.2) is 24.4 Å². The number of nitrogens with one attached hydrogen (secondary N) is 1. The van der Waals surface area contributed by atoms with Gasteiger partial charge >= 0.3 is 0 Å². The van der Waals surface area contributed by atoms with Gasteiger partial charge in [-0.15, -0.1) is 0 Å². The summed E-state index contributed by atoms with van der Waals surface area (Å²) >= 11 is 4.70. The maximum atomic E-state index is 10.8. The van der Waals surface area contributed by atoms with E-state index in [0.29, 0.717) is 6.42 Å². The average molecular weight is 207 g/mol. The Morgan fingerprint density at radius 2 is 2.50 bits per heavy atom. The minimum Gasteiger partial charge on any atom is -0.348 e. The second-order valence-corrected chi connectivity index (χ2v) is 3.13. The zero-order valence-corrected chi connectivity index (χ0v) is 8.67. The van der Waals surface area contributed by atoms with E-state index in [-0.39, 0.29) is 11.9 Å². The molecule has 1 aromatic rings. The van der Waals surface area contributed by atoms with Crippen LogP contribution < -0.4 is 5.32 Å². The minimum atomic E-state index is -0.239. The Kier molecular flexibility index (Phi) is 4.19. The monoisotopic (exact) mass is 207 g/mol. The number of pyridine rings is 1. The molecular formula is C10H11N2OS. The number of carbonyl (C=O) groups excluding carboxylic acids is 1. The highest BCUT2D eigenvalue weighted by Crippen LogP contribution is 1.98. The third-order valence-corrected chi connectivity index (χ3v) is 1.94. The van der Waals surface area contributed by atoms with Crippen LogP contribution in [0.3, 0.4) is 0 Å². The summed E-state index contributed by atoms with van der Waals surface area (Å²) in [5.74, 6) is -0.108. The van der Waals surface area contributed by atoms with E-state index in [1.807, 2.05) is 18.2 Å². The van der Waals surface area contributed by atoms with Crippen molar-refractivity contribution in [3.05, 3.63) is 30.1 Å². The Bertz CT molecular complexity index is 313. The van der Waals surface area contributed by atoms with Gasteiger partial charge in [0.15, 0.2) is 0 Å². The predicted octanol–water partition coefficient (Wildman–Crippen LogP) is 1.01. The first-order valence-electron chi connectivity index (χ1n) is 4.27. The van der Waals surface area contributed by atoms with E-state index in [0.717, 1.165) is 5.69 Å². The molecule has 0 saturated heterocycles. The van der Waals surface area contributed by atoms with Gasteiger partial charge in [0.1, 0.15) is 0 Å². The lowest BCUT2D eigenvalue weighted by Crippen LogP contribution is -2.35. The van der Waals surface area contributed by atoms with Gasteiger partial charge in [0, 0.05) is 25.2 Å². The molecule has 0 bridgehead atoms. The predicted molar refractivity (Wildman–Crippen MR) is 58.1 cm³/mol. The summed E-state index contributed by atoms with van der Waals surface area (Å²) in [6, 6.07) is 5.40. The van der Waals surface area contributed by atoms with Crippen LogP contribution in [-0.2, 0) is 11.2 Å². The third kappa shape index (κ3) is 3.62. The molecule has 4 heteroatoms. The second-order valence-electron chi connectivity index (χ2n) is 2.90. The van der Waals surface area contributed by atoms with Crippen LogP contribution in [0, 0.1) is 0 Å². The van der Waals surface area contributed by atoms with Crippen molar-refractivity contribution in [1.29, 1.82) is 0 Å². The molecule has 1 heterocycles. The summed E-state index contributed by atoms with van der Waals surface area (Å²) in [5.41, 5.74) is 0.892. The molecule has 0 aliphatic heterocycles. The number of hydrogen-bond donors (Lipinski definition) is 1. The molecule has 1 unspecified atom stereocenters. The van der Waals surface area contributed by atoms with E-state index >= 15 is 0 Å². The van der Waals surface area contributed by atoms with E-state index in [1.165, 1.54) is 6.92 Å². The van der Waals surface area contributed by atoms with Crippen LogP contribution in [0.1, 0.15) is 12.6 Å². The minimum absolute atomic E-state index is 0.108. The van der Waals surface area contributed by atoms with E-state index in [9.17, 15) is 4.79 Å². The summed E-state index contributed by atoms with van der Waals surface area (Å²) in [5, 5.41) is 5.28. The summed E-state index contributed by atoms with van der Waals surface area (Å²) in [6.07, 6.45) is 2.30. The topological polar surface area (TPSA) is 42.0 Å². The summed E-state index contributed by atoms with van der Waals surface area (Å²) in [6.45, 7) is 1.46. The van der Waals surface area contributed by atoms with Crippen molar-refractivity contribution in [3.8, 4) is 0 Å². The molecule has 1 rings (SSSR count). The SMILES string of the molecule is CC(=O)NC([C]=S)Cc1ccccn1.